The van der Waals surface area contributed by atoms with E-state index in [2.05, 4.69) is 27.5 Å². The fourth-order valence-corrected chi connectivity index (χ4v) is 1.64. The Morgan fingerprint density at radius 2 is 2.20 bits per heavy atom. The lowest BCUT2D eigenvalue weighted by atomic mass is 10.0. The highest BCUT2D eigenvalue weighted by Gasteiger charge is 2.29. The highest BCUT2D eigenvalue weighted by atomic mass is 16.5. The van der Waals surface area contributed by atoms with E-state index in [4.69, 9.17) is 4.74 Å². The van der Waals surface area contributed by atoms with Gasteiger partial charge in [-0.05, 0) is 13.3 Å². The van der Waals surface area contributed by atoms with Crippen LogP contribution in [0.2, 0.25) is 0 Å². The maximum Gasteiger partial charge on any atom is 0.131 e. The summed E-state index contributed by atoms with van der Waals surface area (Å²) in [6.07, 6.45) is 2.55. The van der Waals surface area contributed by atoms with Crippen LogP contribution in [0.25, 0.3) is 0 Å². The third-order valence-corrected chi connectivity index (χ3v) is 2.57. The monoisotopic (exact) mass is 208 g/mol. The smallest absolute Gasteiger partial charge is 0.131 e. The number of ether oxygens (including phenoxy) is 1. The average molecular weight is 208 g/mol. The van der Waals surface area contributed by atoms with E-state index in [1.807, 2.05) is 13.1 Å². The minimum Gasteiger partial charge on any atom is -0.379 e. The number of hydrogen-bond acceptors (Lipinski definition) is 5. The molecule has 1 aliphatic heterocycles. The van der Waals surface area contributed by atoms with Gasteiger partial charge in [0.25, 0.3) is 0 Å². The van der Waals surface area contributed by atoms with Gasteiger partial charge in [0.2, 0.25) is 0 Å². The molecule has 2 N–H and O–H groups in total. The van der Waals surface area contributed by atoms with E-state index in [-0.39, 0.29) is 5.54 Å². The Morgan fingerprint density at radius 1 is 1.40 bits per heavy atom. The Morgan fingerprint density at radius 3 is 2.87 bits per heavy atom. The molecule has 2 heterocycles. The maximum atomic E-state index is 5.37. The molecule has 82 valence electrons. The average Bonchev–Trinajstić information content (AvgIpc) is 2.65. The topological polar surface area (TPSA) is 59.1 Å². The van der Waals surface area contributed by atoms with Crippen LogP contribution in [0.3, 0.4) is 0 Å². The number of anilines is 2. The maximum absolute atomic E-state index is 5.37. The van der Waals surface area contributed by atoms with Crippen LogP contribution in [0, 0.1) is 0 Å². The van der Waals surface area contributed by atoms with Gasteiger partial charge in [-0.1, -0.05) is 0 Å². The van der Waals surface area contributed by atoms with Gasteiger partial charge in [0, 0.05) is 19.7 Å². The first-order valence-electron chi connectivity index (χ1n) is 5.08. The van der Waals surface area contributed by atoms with Gasteiger partial charge in [-0.3, -0.25) is 0 Å². The van der Waals surface area contributed by atoms with Crippen molar-refractivity contribution in [3.63, 3.8) is 0 Å². The molecule has 0 aromatic carbocycles. The van der Waals surface area contributed by atoms with E-state index in [9.17, 15) is 0 Å². The molecule has 1 saturated heterocycles. The minimum absolute atomic E-state index is 0.000630. The molecular formula is C10H16N4O. The number of hydrogen-bond donors (Lipinski definition) is 2. The fraction of sp³-hybridized carbons (Fsp3) is 0.600. The predicted molar refractivity (Wildman–Crippen MR) is 59.0 cm³/mol. The summed E-state index contributed by atoms with van der Waals surface area (Å²) < 4.78 is 5.37. The van der Waals surface area contributed by atoms with Crippen LogP contribution < -0.4 is 10.6 Å². The highest BCUT2D eigenvalue weighted by Crippen LogP contribution is 2.23. The van der Waals surface area contributed by atoms with E-state index >= 15 is 0 Å². The molecule has 0 bridgehead atoms. The first-order valence-corrected chi connectivity index (χ1v) is 5.08. The first-order chi connectivity index (χ1) is 7.22. The van der Waals surface area contributed by atoms with Gasteiger partial charge in [0.15, 0.2) is 0 Å². The van der Waals surface area contributed by atoms with Crippen LogP contribution in [0.5, 0.6) is 0 Å². The van der Waals surface area contributed by atoms with E-state index in [0.717, 1.165) is 31.3 Å². The zero-order chi connectivity index (χ0) is 10.7. The van der Waals surface area contributed by atoms with Crippen LogP contribution in [-0.4, -0.2) is 35.8 Å². The number of nitrogens with one attached hydrogen (secondary N) is 2. The second-order valence-corrected chi connectivity index (χ2v) is 4.03. The first kappa shape index (κ1) is 10.2. The van der Waals surface area contributed by atoms with E-state index in [1.165, 1.54) is 0 Å². The molecule has 1 aliphatic rings. The fourth-order valence-electron chi connectivity index (χ4n) is 1.64. The third kappa shape index (κ3) is 2.36. The third-order valence-electron chi connectivity index (χ3n) is 2.57. The Bertz CT molecular complexity index is 336. The molecule has 2 rings (SSSR count). The van der Waals surface area contributed by atoms with Crippen LogP contribution in [0.1, 0.15) is 13.3 Å². The Labute approximate surface area is 89.3 Å². The molecule has 1 unspecified atom stereocenters. The summed E-state index contributed by atoms with van der Waals surface area (Å²) in [6, 6.07) is 1.89. The second-order valence-electron chi connectivity index (χ2n) is 4.03. The van der Waals surface area contributed by atoms with Crippen LogP contribution in [0.4, 0.5) is 11.6 Å². The van der Waals surface area contributed by atoms with Crippen LogP contribution in [0.15, 0.2) is 12.4 Å². The largest absolute Gasteiger partial charge is 0.379 e. The van der Waals surface area contributed by atoms with Crippen molar-refractivity contribution in [2.75, 3.05) is 30.9 Å². The number of nitrogens with zero attached hydrogens (tertiary/aromatic N) is 2. The summed E-state index contributed by atoms with van der Waals surface area (Å²) in [7, 11) is 1.84. The quantitative estimate of drug-likeness (QED) is 0.779. The second kappa shape index (κ2) is 4.02. The van der Waals surface area contributed by atoms with Crippen molar-refractivity contribution in [2.45, 2.75) is 18.9 Å². The molecule has 0 spiro atoms. The zero-order valence-electron chi connectivity index (χ0n) is 9.08. The van der Waals surface area contributed by atoms with Gasteiger partial charge >= 0.3 is 0 Å². The molecule has 1 aromatic heterocycles. The summed E-state index contributed by atoms with van der Waals surface area (Å²) in [5.41, 5.74) is -0.000630. The SMILES string of the molecule is CNc1cc(NC2(C)CCOC2)ncn1. The normalized spacial score (nSPS) is 25.2. The minimum atomic E-state index is -0.000630. The number of aromatic nitrogens is 2. The molecule has 5 heteroatoms. The molecular weight excluding hydrogens is 192 g/mol. The van der Waals surface area contributed by atoms with Crippen molar-refractivity contribution in [1.29, 1.82) is 0 Å². The summed E-state index contributed by atoms with van der Waals surface area (Å²) in [6.45, 7) is 3.68. The van der Waals surface area contributed by atoms with Crippen LogP contribution >= 0.6 is 0 Å². The van der Waals surface area contributed by atoms with E-state index in [0.29, 0.717) is 0 Å². The molecule has 0 saturated carbocycles. The molecule has 5 nitrogen and oxygen atoms in total. The molecule has 1 atom stereocenters. The van der Waals surface area contributed by atoms with Crippen LogP contribution in [-0.2, 0) is 4.74 Å². The predicted octanol–water partition coefficient (Wildman–Crippen LogP) is 1.11. The summed E-state index contributed by atoms with van der Waals surface area (Å²) >= 11 is 0. The lowest BCUT2D eigenvalue weighted by Crippen LogP contribution is -2.35. The Kier molecular flexibility index (Phi) is 2.73. The van der Waals surface area contributed by atoms with Gasteiger partial charge in [0.05, 0.1) is 12.1 Å². The van der Waals surface area contributed by atoms with Crippen molar-refractivity contribution >= 4 is 11.6 Å². The lowest BCUT2D eigenvalue weighted by Gasteiger charge is -2.24. The zero-order valence-corrected chi connectivity index (χ0v) is 9.08. The Hall–Kier alpha value is -1.36. The summed E-state index contributed by atoms with van der Waals surface area (Å²) in [5.74, 6) is 1.65. The lowest BCUT2D eigenvalue weighted by molar-refractivity contribution is 0.185. The van der Waals surface area contributed by atoms with Gasteiger partial charge in [-0.2, -0.15) is 0 Å². The van der Waals surface area contributed by atoms with Gasteiger partial charge in [-0.15, -0.1) is 0 Å². The van der Waals surface area contributed by atoms with Gasteiger partial charge in [0.1, 0.15) is 18.0 Å². The molecule has 15 heavy (non-hydrogen) atoms. The molecule has 0 radical (unpaired) electrons. The Balaban J connectivity index is 2.09. The molecule has 1 aromatic rings. The van der Waals surface area contributed by atoms with Gasteiger partial charge < -0.3 is 15.4 Å². The number of rotatable bonds is 3. The standard InChI is InChI=1S/C10H16N4O/c1-10(3-4-15-6-10)14-9-5-8(11-2)12-7-13-9/h5,7H,3-4,6H2,1-2H3,(H2,11,12,13,14). The van der Waals surface area contributed by atoms with E-state index < -0.39 is 0 Å². The van der Waals surface area contributed by atoms with E-state index in [1.54, 1.807) is 6.33 Å². The van der Waals surface area contributed by atoms with Crippen molar-refractivity contribution in [2.24, 2.45) is 0 Å². The van der Waals surface area contributed by atoms with Gasteiger partial charge in [-0.25, -0.2) is 9.97 Å². The molecule has 0 aliphatic carbocycles. The van der Waals surface area contributed by atoms with Crippen molar-refractivity contribution in [3.8, 4) is 0 Å². The molecule has 0 amide bonds. The van der Waals surface area contributed by atoms with Crippen molar-refractivity contribution in [3.05, 3.63) is 12.4 Å². The molecule has 1 fully saturated rings. The summed E-state index contributed by atoms with van der Waals surface area (Å²) in [5, 5.41) is 6.36. The van der Waals surface area contributed by atoms with Crippen molar-refractivity contribution in [1.82, 2.24) is 9.97 Å². The highest BCUT2D eigenvalue weighted by molar-refractivity contribution is 5.47. The summed E-state index contributed by atoms with van der Waals surface area (Å²) in [4.78, 5) is 8.24. The van der Waals surface area contributed by atoms with Crippen molar-refractivity contribution < 1.29 is 4.74 Å².